The Labute approximate surface area is 169 Å². The first-order valence-corrected chi connectivity index (χ1v) is 9.88. The number of pyridine rings is 1. The van der Waals surface area contributed by atoms with Crippen molar-refractivity contribution in [1.82, 2.24) is 20.2 Å². The van der Waals surface area contributed by atoms with Crippen LogP contribution in [0.5, 0.6) is 5.75 Å². The van der Waals surface area contributed by atoms with Gasteiger partial charge in [0.25, 0.3) is 5.91 Å². The molecule has 1 aliphatic rings. The highest BCUT2D eigenvalue weighted by molar-refractivity contribution is 5.97. The van der Waals surface area contributed by atoms with Crippen LogP contribution >= 0.6 is 0 Å². The van der Waals surface area contributed by atoms with Crippen LogP contribution in [-0.4, -0.2) is 39.2 Å². The van der Waals surface area contributed by atoms with Crippen LogP contribution < -0.4 is 4.74 Å². The lowest BCUT2D eigenvalue weighted by molar-refractivity contribution is 0.0668. The van der Waals surface area contributed by atoms with Crippen molar-refractivity contribution in [1.29, 1.82) is 0 Å². The highest BCUT2D eigenvalue weighted by Gasteiger charge is 2.26. The predicted octanol–water partition coefficient (Wildman–Crippen LogP) is 3.45. The minimum absolute atomic E-state index is 0.00601. The molecule has 4 rings (SSSR count). The summed E-state index contributed by atoms with van der Waals surface area (Å²) in [5.74, 6) is 0.995. The third kappa shape index (κ3) is 4.62. The minimum Gasteiger partial charge on any atom is -0.486 e. The molecule has 29 heavy (non-hydrogen) atoms. The van der Waals surface area contributed by atoms with Gasteiger partial charge >= 0.3 is 0 Å². The van der Waals surface area contributed by atoms with E-state index in [4.69, 9.17) is 9.37 Å². The number of carbonyl (C=O) groups is 1. The number of para-hydroxylation sites is 1. The van der Waals surface area contributed by atoms with E-state index in [1.165, 1.54) is 5.56 Å². The fraction of sp³-hybridized carbons (Fsp3) is 0.364. The van der Waals surface area contributed by atoms with E-state index in [0.717, 1.165) is 32.4 Å². The van der Waals surface area contributed by atoms with Crippen LogP contribution in [0.2, 0.25) is 0 Å². The van der Waals surface area contributed by atoms with Gasteiger partial charge in [-0.25, -0.2) is 4.63 Å². The third-order valence-electron chi connectivity index (χ3n) is 5.28. The Morgan fingerprint density at radius 3 is 2.93 bits per heavy atom. The van der Waals surface area contributed by atoms with Crippen LogP contribution in [0, 0.1) is 12.8 Å². The van der Waals surface area contributed by atoms with Crippen LogP contribution in [0.15, 0.2) is 53.4 Å². The van der Waals surface area contributed by atoms with Crippen molar-refractivity contribution in [3.63, 3.8) is 0 Å². The summed E-state index contributed by atoms with van der Waals surface area (Å²) >= 11 is 0. The zero-order chi connectivity index (χ0) is 20.1. The number of aryl methyl sites for hydroxylation is 1. The van der Waals surface area contributed by atoms with E-state index in [-0.39, 0.29) is 12.5 Å². The zero-order valence-corrected chi connectivity index (χ0v) is 16.5. The maximum Gasteiger partial charge on any atom is 0.257 e. The average Bonchev–Trinajstić information content (AvgIpc) is 3.17. The lowest BCUT2D eigenvalue weighted by Gasteiger charge is -2.33. The molecule has 0 spiro atoms. The Balaban J connectivity index is 1.44. The van der Waals surface area contributed by atoms with E-state index < -0.39 is 0 Å². The molecule has 0 bridgehead atoms. The number of benzene rings is 1. The van der Waals surface area contributed by atoms with Gasteiger partial charge in [0.1, 0.15) is 23.7 Å². The van der Waals surface area contributed by atoms with Gasteiger partial charge in [-0.15, -0.1) is 0 Å². The molecule has 1 unspecified atom stereocenters. The Kier molecular flexibility index (Phi) is 5.84. The van der Waals surface area contributed by atoms with E-state index in [0.29, 0.717) is 28.6 Å². The standard InChI is InChI=1S/C22H24N4O3/c1-16-20(25-29-24-16)15-28-21-9-3-2-8-19(21)22(27)26-11-5-7-18(14-26)12-17-6-4-10-23-13-17/h2-4,6,8-10,13,18H,5,7,11-12,14-15H2,1H3. The Hall–Kier alpha value is -3.22. The third-order valence-corrected chi connectivity index (χ3v) is 5.28. The second-order valence-electron chi connectivity index (χ2n) is 7.41. The second kappa shape index (κ2) is 8.86. The van der Waals surface area contributed by atoms with E-state index in [1.807, 2.05) is 48.4 Å². The Morgan fingerprint density at radius 2 is 2.14 bits per heavy atom. The largest absolute Gasteiger partial charge is 0.486 e. The summed E-state index contributed by atoms with van der Waals surface area (Å²) in [7, 11) is 0. The minimum atomic E-state index is 0.00601. The van der Waals surface area contributed by atoms with E-state index >= 15 is 0 Å². The summed E-state index contributed by atoms with van der Waals surface area (Å²) in [5, 5.41) is 7.59. The van der Waals surface area contributed by atoms with Gasteiger partial charge in [0.2, 0.25) is 0 Å². The molecule has 1 fully saturated rings. The maximum atomic E-state index is 13.2. The monoisotopic (exact) mass is 392 g/mol. The number of hydrogen-bond acceptors (Lipinski definition) is 6. The molecule has 150 valence electrons. The lowest BCUT2D eigenvalue weighted by Crippen LogP contribution is -2.40. The molecule has 0 N–H and O–H groups in total. The lowest BCUT2D eigenvalue weighted by atomic mass is 9.91. The highest BCUT2D eigenvalue weighted by atomic mass is 16.6. The average molecular weight is 392 g/mol. The van der Waals surface area contributed by atoms with Gasteiger partial charge in [0, 0.05) is 25.5 Å². The van der Waals surface area contributed by atoms with Crippen molar-refractivity contribution >= 4 is 5.91 Å². The number of likely N-dealkylation sites (tertiary alicyclic amines) is 1. The Morgan fingerprint density at radius 1 is 1.24 bits per heavy atom. The molecule has 1 aliphatic heterocycles. The summed E-state index contributed by atoms with van der Waals surface area (Å²) in [6, 6.07) is 11.4. The molecule has 1 saturated heterocycles. The number of hydrogen-bond donors (Lipinski definition) is 0. The molecule has 3 heterocycles. The molecule has 7 heteroatoms. The summed E-state index contributed by atoms with van der Waals surface area (Å²) in [6.07, 6.45) is 6.76. The van der Waals surface area contributed by atoms with Crippen LogP contribution in [-0.2, 0) is 13.0 Å². The molecule has 3 aromatic rings. The van der Waals surface area contributed by atoms with E-state index in [9.17, 15) is 4.79 Å². The maximum absolute atomic E-state index is 13.2. The molecule has 1 aromatic carbocycles. The first kappa shape index (κ1) is 19.1. The van der Waals surface area contributed by atoms with Crippen molar-refractivity contribution in [3.05, 3.63) is 71.3 Å². The SMILES string of the molecule is Cc1nonc1COc1ccccc1C(=O)N1CCCC(Cc2cccnc2)C1. The number of nitrogens with zero attached hydrogens (tertiary/aromatic N) is 4. The molecule has 1 atom stereocenters. The zero-order valence-electron chi connectivity index (χ0n) is 16.5. The molecule has 1 amide bonds. The van der Waals surface area contributed by atoms with Gasteiger partial charge in [-0.05, 0) is 55.9 Å². The van der Waals surface area contributed by atoms with Gasteiger partial charge in [-0.2, -0.15) is 0 Å². The van der Waals surface area contributed by atoms with Gasteiger partial charge in [0.15, 0.2) is 0 Å². The second-order valence-corrected chi connectivity index (χ2v) is 7.41. The molecule has 0 radical (unpaired) electrons. The van der Waals surface area contributed by atoms with Crippen molar-refractivity contribution in [3.8, 4) is 5.75 Å². The first-order valence-electron chi connectivity index (χ1n) is 9.88. The topological polar surface area (TPSA) is 81.3 Å². The fourth-order valence-corrected chi connectivity index (χ4v) is 3.73. The molecule has 0 saturated carbocycles. The van der Waals surface area contributed by atoms with Crippen LogP contribution in [0.1, 0.15) is 40.2 Å². The summed E-state index contributed by atoms with van der Waals surface area (Å²) in [5.41, 5.74) is 3.10. The molecular weight excluding hydrogens is 368 g/mol. The van der Waals surface area contributed by atoms with Crippen molar-refractivity contribution in [2.45, 2.75) is 32.8 Å². The summed E-state index contributed by atoms with van der Waals surface area (Å²) in [6.45, 7) is 3.53. The van der Waals surface area contributed by atoms with Crippen LogP contribution in [0.3, 0.4) is 0 Å². The van der Waals surface area contributed by atoms with Crippen molar-refractivity contribution in [2.24, 2.45) is 5.92 Å². The normalized spacial score (nSPS) is 16.6. The van der Waals surface area contributed by atoms with E-state index in [2.05, 4.69) is 21.4 Å². The van der Waals surface area contributed by atoms with Crippen LogP contribution in [0.25, 0.3) is 0 Å². The quantitative estimate of drug-likeness (QED) is 0.639. The van der Waals surface area contributed by atoms with Gasteiger partial charge in [-0.3, -0.25) is 9.78 Å². The number of ether oxygens (including phenoxy) is 1. The van der Waals surface area contributed by atoms with E-state index in [1.54, 1.807) is 6.20 Å². The number of amides is 1. The molecule has 0 aliphatic carbocycles. The Bertz CT molecular complexity index is 957. The first-order chi connectivity index (χ1) is 14.2. The number of aromatic nitrogens is 3. The molecule has 2 aromatic heterocycles. The molecular formula is C22H24N4O3. The van der Waals surface area contributed by atoms with Gasteiger partial charge in [-0.1, -0.05) is 28.5 Å². The highest BCUT2D eigenvalue weighted by Crippen LogP contribution is 2.26. The van der Waals surface area contributed by atoms with Gasteiger partial charge < -0.3 is 9.64 Å². The fourth-order valence-electron chi connectivity index (χ4n) is 3.73. The number of rotatable bonds is 6. The summed E-state index contributed by atoms with van der Waals surface area (Å²) < 4.78 is 10.6. The number of carbonyl (C=O) groups excluding carboxylic acids is 1. The molecule has 7 nitrogen and oxygen atoms in total. The van der Waals surface area contributed by atoms with Crippen molar-refractivity contribution in [2.75, 3.05) is 13.1 Å². The van der Waals surface area contributed by atoms with Gasteiger partial charge in [0.05, 0.1) is 5.56 Å². The predicted molar refractivity (Wildman–Crippen MR) is 106 cm³/mol. The van der Waals surface area contributed by atoms with Crippen molar-refractivity contribution < 1.29 is 14.2 Å². The van der Waals surface area contributed by atoms with Crippen LogP contribution in [0.4, 0.5) is 0 Å². The smallest absolute Gasteiger partial charge is 0.257 e. The summed E-state index contributed by atoms with van der Waals surface area (Å²) in [4.78, 5) is 19.4. The number of piperidine rings is 1.